The minimum Gasteiger partial charge on any atom is -0.396 e. The van der Waals surface area contributed by atoms with Crippen molar-refractivity contribution in [2.45, 2.75) is 32.1 Å². The number of rotatable bonds is 8. The largest absolute Gasteiger partial charge is 0.396 e. The van der Waals surface area contributed by atoms with Gasteiger partial charge in [-0.3, -0.25) is 14.4 Å². The molecular formula is C26H28N2O4. The van der Waals surface area contributed by atoms with Gasteiger partial charge >= 0.3 is 0 Å². The molecular weight excluding hydrogens is 404 g/mol. The predicted octanol–water partition coefficient (Wildman–Crippen LogP) is 3.29. The average molecular weight is 433 g/mol. The molecule has 2 aromatic carbocycles. The second kappa shape index (κ2) is 9.75. The summed E-state index contributed by atoms with van der Waals surface area (Å²) in [5, 5.41) is 9.69. The molecule has 166 valence electrons. The maximum Gasteiger partial charge on any atom is 0.250 e. The summed E-state index contributed by atoms with van der Waals surface area (Å²) in [6.45, 7) is 3.69. The number of Topliss-reactive ketones (excluding diaryl/α,β-unsaturated/α-hetero) is 1. The van der Waals surface area contributed by atoms with Crippen molar-refractivity contribution in [1.82, 2.24) is 4.57 Å². The zero-order chi connectivity index (χ0) is 23.4. The van der Waals surface area contributed by atoms with E-state index in [1.165, 1.54) is 10.6 Å². The Balaban J connectivity index is 2.10. The van der Waals surface area contributed by atoms with Gasteiger partial charge in [-0.15, -0.1) is 0 Å². The first-order chi connectivity index (χ1) is 15.2. The van der Waals surface area contributed by atoms with Crippen molar-refractivity contribution in [2.75, 3.05) is 6.61 Å². The van der Waals surface area contributed by atoms with Crippen molar-refractivity contribution >= 4 is 11.7 Å². The van der Waals surface area contributed by atoms with Crippen LogP contribution in [0.4, 0.5) is 0 Å². The fraction of sp³-hybridized carbons (Fsp3) is 0.269. The number of benzene rings is 2. The zero-order valence-corrected chi connectivity index (χ0v) is 18.5. The lowest BCUT2D eigenvalue weighted by molar-refractivity contribution is 0.0973. The third-order valence-electron chi connectivity index (χ3n) is 5.91. The van der Waals surface area contributed by atoms with Crippen LogP contribution >= 0.6 is 0 Å². The summed E-state index contributed by atoms with van der Waals surface area (Å²) in [6, 6.07) is 16.2. The molecule has 2 atom stereocenters. The van der Waals surface area contributed by atoms with Crippen LogP contribution in [0.3, 0.4) is 0 Å². The normalized spacial score (nSPS) is 12.9. The summed E-state index contributed by atoms with van der Waals surface area (Å²) >= 11 is 0. The van der Waals surface area contributed by atoms with Crippen molar-refractivity contribution in [3.05, 3.63) is 105 Å². The maximum atomic E-state index is 13.2. The van der Waals surface area contributed by atoms with E-state index in [1.807, 2.05) is 50.2 Å². The molecule has 0 saturated heterocycles. The monoisotopic (exact) mass is 432 g/mol. The molecule has 1 heterocycles. The van der Waals surface area contributed by atoms with Crippen LogP contribution in [0.15, 0.2) is 65.6 Å². The molecule has 32 heavy (non-hydrogen) atoms. The van der Waals surface area contributed by atoms with E-state index in [9.17, 15) is 19.5 Å². The number of primary amides is 1. The van der Waals surface area contributed by atoms with Gasteiger partial charge in [0.1, 0.15) is 0 Å². The van der Waals surface area contributed by atoms with Crippen LogP contribution in [0, 0.1) is 6.92 Å². The number of ketones is 1. The van der Waals surface area contributed by atoms with E-state index in [0.29, 0.717) is 16.7 Å². The molecule has 0 aliphatic heterocycles. The van der Waals surface area contributed by atoms with E-state index in [-0.39, 0.29) is 36.2 Å². The average Bonchev–Trinajstić information content (AvgIpc) is 2.78. The topological polar surface area (TPSA) is 102 Å². The Morgan fingerprint density at radius 2 is 1.78 bits per heavy atom. The molecule has 6 heteroatoms. The summed E-state index contributed by atoms with van der Waals surface area (Å²) in [5.41, 5.74) is 9.76. The SMILES string of the molecule is Cc1ccccc1C(CC(=O)c1ccc(=O)n(C)c1)c1ccc(C(N)=O)c([C@@H](C)CO)c1. The number of nitrogens with zero attached hydrogens (tertiary/aromatic N) is 1. The summed E-state index contributed by atoms with van der Waals surface area (Å²) in [4.78, 5) is 36.8. The Morgan fingerprint density at radius 3 is 2.41 bits per heavy atom. The third-order valence-corrected chi connectivity index (χ3v) is 5.91. The van der Waals surface area contributed by atoms with E-state index in [1.54, 1.807) is 25.4 Å². The highest BCUT2D eigenvalue weighted by Crippen LogP contribution is 2.34. The molecule has 0 aliphatic rings. The van der Waals surface area contributed by atoms with Crippen LogP contribution in [0.5, 0.6) is 0 Å². The van der Waals surface area contributed by atoms with Crippen molar-refractivity contribution in [3.8, 4) is 0 Å². The highest BCUT2D eigenvalue weighted by molar-refractivity contribution is 5.97. The molecule has 3 aromatic rings. The number of nitrogens with two attached hydrogens (primary N) is 1. The van der Waals surface area contributed by atoms with Crippen LogP contribution in [0.2, 0.25) is 0 Å². The van der Waals surface area contributed by atoms with Crippen molar-refractivity contribution < 1.29 is 14.7 Å². The molecule has 1 unspecified atom stereocenters. The van der Waals surface area contributed by atoms with Crippen molar-refractivity contribution in [3.63, 3.8) is 0 Å². The number of hydrogen-bond acceptors (Lipinski definition) is 4. The van der Waals surface area contributed by atoms with Gasteiger partial charge in [-0.25, -0.2) is 0 Å². The van der Waals surface area contributed by atoms with E-state index in [0.717, 1.165) is 16.7 Å². The van der Waals surface area contributed by atoms with Crippen LogP contribution in [-0.2, 0) is 7.05 Å². The molecule has 0 bridgehead atoms. The maximum absolute atomic E-state index is 13.2. The van der Waals surface area contributed by atoms with Gasteiger partial charge in [-0.2, -0.15) is 0 Å². The van der Waals surface area contributed by atoms with Gasteiger partial charge in [-0.05, 0) is 41.3 Å². The molecule has 3 N–H and O–H groups in total. The Kier molecular flexibility index (Phi) is 7.05. The number of aliphatic hydroxyl groups is 1. The molecule has 0 spiro atoms. The van der Waals surface area contributed by atoms with Crippen LogP contribution < -0.4 is 11.3 Å². The Morgan fingerprint density at radius 1 is 1.06 bits per heavy atom. The fourth-order valence-corrected chi connectivity index (χ4v) is 3.98. The Hall–Kier alpha value is -3.51. The highest BCUT2D eigenvalue weighted by atomic mass is 16.3. The number of aromatic nitrogens is 1. The third kappa shape index (κ3) is 4.86. The second-order valence-corrected chi connectivity index (χ2v) is 8.20. The number of aliphatic hydroxyl groups excluding tert-OH is 1. The van der Waals surface area contributed by atoms with Gasteiger partial charge in [0.15, 0.2) is 5.78 Å². The smallest absolute Gasteiger partial charge is 0.250 e. The standard InChI is InChI=1S/C26H28N2O4/c1-16-6-4-5-7-20(16)23(13-24(30)19-9-11-25(31)28(3)14-19)18-8-10-21(26(27)32)22(12-18)17(2)15-29/h4-12,14,17,23,29H,13,15H2,1-3H3,(H2,27,32)/t17-,23?/m0/s1. The number of hydrogen-bond donors (Lipinski definition) is 2. The van der Waals surface area contributed by atoms with E-state index in [2.05, 4.69) is 0 Å². The first-order valence-electron chi connectivity index (χ1n) is 10.5. The minimum atomic E-state index is -0.555. The molecule has 6 nitrogen and oxygen atoms in total. The summed E-state index contributed by atoms with van der Waals surface area (Å²) in [7, 11) is 1.61. The van der Waals surface area contributed by atoms with Gasteiger partial charge in [0, 0.05) is 55.3 Å². The number of carbonyl (C=O) groups is 2. The summed E-state index contributed by atoms with van der Waals surface area (Å²) < 4.78 is 1.39. The first-order valence-corrected chi connectivity index (χ1v) is 10.5. The van der Waals surface area contributed by atoms with Gasteiger partial charge in [-0.1, -0.05) is 43.3 Å². The quantitative estimate of drug-likeness (QED) is 0.533. The van der Waals surface area contributed by atoms with Crippen molar-refractivity contribution in [2.24, 2.45) is 12.8 Å². The summed E-state index contributed by atoms with van der Waals surface area (Å²) in [5.74, 6) is -1.20. The lowest BCUT2D eigenvalue weighted by Gasteiger charge is -2.22. The van der Waals surface area contributed by atoms with Crippen molar-refractivity contribution in [1.29, 1.82) is 0 Å². The molecule has 1 amide bonds. The van der Waals surface area contributed by atoms with Crippen LogP contribution in [0.25, 0.3) is 0 Å². The minimum absolute atomic E-state index is 0.0930. The Labute approximate surface area is 187 Å². The highest BCUT2D eigenvalue weighted by Gasteiger charge is 2.23. The molecule has 0 aliphatic carbocycles. The zero-order valence-electron chi connectivity index (χ0n) is 18.5. The molecule has 0 saturated carbocycles. The van der Waals surface area contributed by atoms with E-state index in [4.69, 9.17) is 5.73 Å². The Bertz CT molecular complexity index is 1210. The van der Waals surface area contributed by atoms with Gasteiger partial charge in [0.05, 0.1) is 0 Å². The number of aryl methyl sites for hydroxylation is 2. The predicted molar refractivity (Wildman–Crippen MR) is 124 cm³/mol. The molecule has 0 fully saturated rings. The number of amides is 1. The number of carbonyl (C=O) groups excluding carboxylic acids is 2. The first kappa shape index (κ1) is 23.2. The second-order valence-electron chi connectivity index (χ2n) is 8.20. The lowest BCUT2D eigenvalue weighted by Crippen LogP contribution is -2.19. The lowest BCUT2D eigenvalue weighted by atomic mass is 9.81. The van der Waals surface area contributed by atoms with Gasteiger partial charge in [0.25, 0.3) is 0 Å². The van der Waals surface area contributed by atoms with Gasteiger partial charge in [0.2, 0.25) is 11.5 Å². The van der Waals surface area contributed by atoms with Crippen LogP contribution in [0.1, 0.15) is 68.2 Å². The molecule has 0 radical (unpaired) electrons. The van der Waals surface area contributed by atoms with E-state index < -0.39 is 5.91 Å². The van der Waals surface area contributed by atoms with Gasteiger partial charge < -0.3 is 15.4 Å². The van der Waals surface area contributed by atoms with E-state index >= 15 is 0 Å². The molecule has 3 rings (SSSR count). The number of pyridine rings is 1. The molecule has 1 aromatic heterocycles. The fourth-order valence-electron chi connectivity index (χ4n) is 3.98. The summed E-state index contributed by atoms with van der Waals surface area (Å²) in [6.07, 6.45) is 1.74. The van der Waals surface area contributed by atoms with Crippen LogP contribution in [-0.4, -0.2) is 28.0 Å².